The van der Waals surface area contributed by atoms with Crippen molar-refractivity contribution in [1.82, 2.24) is 0 Å². The Morgan fingerprint density at radius 1 is 1.91 bits per heavy atom. The molecule has 60 valence electrons. The summed E-state index contributed by atoms with van der Waals surface area (Å²) in [5, 5.41) is 0. The predicted molar refractivity (Wildman–Crippen MR) is 40.5 cm³/mol. The highest BCUT2D eigenvalue weighted by atomic mass is 16.5. The van der Waals surface area contributed by atoms with Crippen LogP contribution in [0.5, 0.6) is 0 Å². The van der Waals surface area contributed by atoms with E-state index in [0.717, 1.165) is 0 Å². The Bertz CT molecular complexity index is 222. The maximum absolute atomic E-state index is 10.9. The molecular weight excluding hydrogens is 146 g/mol. The average molecular weight is 155 g/mol. The van der Waals surface area contributed by atoms with Gasteiger partial charge in [-0.15, -0.1) is 0 Å². The molecule has 0 amide bonds. The molecule has 2 N–H and O–H groups in total. The molecular formula is C6H9N3O2. The summed E-state index contributed by atoms with van der Waals surface area (Å²) >= 11 is 0. The van der Waals surface area contributed by atoms with Gasteiger partial charge >= 0.3 is 5.97 Å². The average Bonchev–Trinajstić information content (AvgIpc) is 2.36. The Labute approximate surface area is 64.0 Å². The van der Waals surface area contributed by atoms with Crippen molar-refractivity contribution in [1.29, 1.82) is 0 Å². The van der Waals surface area contributed by atoms with Crippen LogP contribution in [0, 0.1) is 0 Å². The third-order valence-electron chi connectivity index (χ3n) is 1.19. The molecule has 5 nitrogen and oxygen atoms in total. The molecule has 0 saturated carbocycles. The van der Waals surface area contributed by atoms with E-state index in [1.807, 2.05) is 0 Å². The van der Waals surface area contributed by atoms with Crippen LogP contribution in [0.2, 0.25) is 0 Å². The van der Waals surface area contributed by atoms with Crippen LogP contribution in [0.1, 0.15) is 6.92 Å². The highest BCUT2D eigenvalue weighted by molar-refractivity contribution is 6.40. The van der Waals surface area contributed by atoms with Crippen LogP contribution in [-0.2, 0) is 9.53 Å². The lowest BCUT2D eigenvalue weighted by Gasteiger charge is -2.03. The molecule has 0 saturated heterocycles. The molecule has 0 bridgehead atoms. The molecule has 0 aliphatic carbocycles. The molecule has 0 fully saturated rings. The zero-order chi connectivity index (χ0) is 8.27. The summed E-state index contributed by atoms with van der Waals surface area (Å²) in [4.78, 5) is 18.3. The molecule has 0 aromatic carbocycles. The van der Waals surface area contributed by atoms with Crippen LogP contribution in [-0.4, -0.2) is 30.8 Å². The Balaban J connectivity index is 2.56. The maximum Gasteiger partial charge on any atom is 0.356 e. The van der Waals surface area contributed by atoms with E-state index in [1.165, 1.54) is 6.34 Å². The third-order valence-corrected chi connectivity index (χ3v) is 1.19. The van der Waals surface area contributed by atoms with Crippen molar-refractivity contribution in [3.05, 3.63) is 0 Å². The van der Waals surface area contributed by atoms with Gasteiger partial charge in [-0.1, -0.05) is 0 Å². The van der Waals surface area contributed by atoms with E-state index in [9.17, 15) is 4.79 Å². The largest absolute Gasteiger partial charge is 0.461 e. The van der Waals surface area contributed by atoms with Gasteiger partial charge in [0.25, 0.3) is 0 Å². The van der Waals surface area contributed by atoms with Crippen molar-refractivity contribution in [3.63, 3.8) is 0 Å². The quantitative estimate of drug-likeness (QED) is 0.536. The lowest BCUT2D eigenvalue weighted by Crippen LogP contribution is -2.33. The van der Waals surface area contributed by atoms with E-state index < -0.39 is 12.1 Å². The predicted octanol–water partition coefficient (Wildman–Crippen LogP) is -0.683. The summed E-state index contributed by atoms with van der Waals surface area (Å²) in [6, 6.07) is 0. The van der Waals surface area contributed by atoms with E-state index in [-0.39, 0.29) is 5.71 Å². The van der Waals surface area contributed by atoms with Gasteiger partial charge in [-0.3, -0.25) is 0 Å². The van der Waals surface area contributed by atoms with Crippen molar-refractivity contribution in [2.75, 3.05) is 6.61 Å². The van der Waals surface area contributed by atoms with Gasteiger partial charge in [0.15, 0.2) is 5.71 Å². The monoisotopic (exact) mass is 155 g/mol. The second-order valence-electron chi connectivity index (χ2n) is 1.94. The summed E-state index contributed by atoms with van der Waals surface area (Å²) in [5.41, 5.74) is 5.55. The van der Waals surface area contributed by atoms with Crippen LogP contribution in [0.3, 0.4) is 0 Å². The lowest BCUT2D eigenvalue weighted by molar-refractivity contribution is -0.135. The fraction of sp³-hybridized carbons (Fsp3) is 0.500. The summed E-state index contributed by atoms with van der Waals surface area (Å²) in [6.07, 6.45) is 0.616. The normalized spacial score (nSPS) is 21.6. The number of nitrogens with zero attached hydrogens (tertiary/aromatic N) is 2. The minimum atomic E-state index is -0.644. The maximum atomic E-state index is 10.9. The van der Waals surface area contributed by atoms with Crippen LogP contribution in [0.25, 0.3) is 0 Å². The molecule has 1 unspecified atom stereocenters. The number of hydrogen-bond acceptors (Lipinski definition) is 5. The van der Waals surface area contributed by atoms with Gasteiger partial charge in [0.1, 0.15) is 12.5 Å². The fourth-order valence-electron chi connectivity index (χ4n) is 0.693. The van der Waals surface area contributed by atoms with Gasteiger partial charge < -0.3 is 10.5 Å². The molecule has 0 aromatic rings. The molecule has 1 aliphatic heterocycles. The number of carbonyl (C=O) groups excluding carboxylic acids is 1. The number of rotatable bonds is 2. The second-order valence-corrected chi connectivity index (χ2v) is 1.94. The van der Waals surface area contributed by atoms with E-state index in [4.69, 9.17) is 5.73 Å². The molecule has 1 heterocycles. The molecule has 0 aromatic heterocycles. The van der Waals surface area contributed by atoms with Crippen LogP contribution in [0.15, 0.2) is 9.98 Å². The van der Waals surface area contributed by atoms with Crippen molar-refractivity contribution < 1.29 is 9.53 Å². The smallest absolute Gasteiger partial charge is 0.356 e. The van der Waals surface area contributed by atoms with E-state index in [0.29, 0.717) is 6.61 Å². The van der Waals surface area contributed by atoms with Gasteiger partial charge in [0, 0.05) is 0 Å². The first kappa shape index (κ1) is 7.87. The number of nitrogens with two attached hydrogens (primary N) is 1. The van der Waals surface area contributed by atoms with Gasteiger partial charge in [0.05, 0.1) is 6.61 Å². The van der Waals surface area contributed by atoms with Crippen LogP contribution in [0.4, 0.5) is 0 Å². The van der Waals surface area contributed by atoms with Crippen molar-refractivity contribution >= 4 is 18.0 Å². The summed E-state index contributed by atoms with van der Waals surface area (Å²) < 4.78 is 4.67. The standard InChI is InChI=1S/C6H9N3O2/c1-2-11-6(10)4-5(7)9-3-8-4/h3,5H,2,7H2,1H3. The fourth-order valence-corrected chi connectivity index (χ4v) is 0.693. The Morgan fingerprint density at radius 3 is 3.09 bits per heavy atom. The number of aliphatic imine (C=N–C) groups is 2. The highest BCUT2D eigenvalue weighted by Gasteiger charge is 2.22. The van der Waals surface area contributed by atoms with Gasteiger partial charge in [-0.05, 0) is 6.92 Å². The van der Waals surface area contributed by atoms with Crippen molar-refractivity contribution in [2.45, 2.75) is 13.1 Å². The molecule has 5 heteroatoms. The second kappa shape index (κ2) is 3.25. The van der Waals surface area contributed by atoms with Gasteiger partial charge in [0.2, 0.25) is 0 Å². The first-order valence-corrected chi connectivity index (χ1v) is 3.27. The third kappa shape index (κ3) is 1.62. The van der Waals surface area contributed by atoms with Crippen molar-refractivity contribution in [3.8, 4) is 0 Å². The highest BCUT2D eigenvalue weighted by Crippen LogP contribution is 1.97. The van der Waals surface area contributed by atoms with E-state index >= 15 is 0 Å². The molecule has 1 rings (SSSR count). The molecule has 0 spiro atoms. The van der Waals surface area contributed by atoms with Gasteiger partial charge in [-0.25, -0.2) is 14.8 Å². The first-order valence-electron chi connectivity index (χ1n) is 3.27. The SMILES string of the molecule is CCOC(=O)C1=NC=NC1N. The zero-order valence-corrected chi connectivity index (χ0v) is 6.15. The first-order chi connectivity index (χ1) is 5.25. The summed E-state index contributed by atoms with van der Waals surface area (Å²) in [7, 11) is 0. The number of ether oxygens (including phenoxy) is 1. The number of hydrogen-bond donors (Lipinski definition) is 1. The Kier molecular flexibility index (Phi) is 2.32. The molecule has 1 aliphatic rings. The minimum absolute atomic E-state index is 0.173. The van der Waals surface area contributed by atoms with Gasteiger partial charge in [-0.2, -0.15) is 0 Å². The topological polar surface area (TPSA) is 77.0 Å². The van der Waals surface area contributed by atoms with E-state index in [2.05, 4.69) is 14.7 Å². The molecule has 11 heavy (non-hydrogen) atoms. The summed E-state index contributed by atoms with van der Waals surface area (Å²) in [5.74, 6) is -0.488. The van der Waals surface area contributed by atoms with Crippen LogP contribution < -0.4 is 5.73 Å². The lowest BCUT2D eigenvalue weighted by atomic mass is 10.3. The molecule has 1 atom stereocenters. The minimum Gasteiger partial charge on any atom is -0.461 e. The van der Waals surface area contributed by atoms with Crippen molar-refractivity contribution in [2.24, 2.45) is 15.7 Å². The van der Waals surface area contributed by atoms with E-state index in [1.54, 1.807) is 6.92 Å². The Hall–Kier alpha value is -1.23. The number of esters is 1. The molecule has 0 radical (unpaired) electrons. The zero-order valence-electron chi connectivity index (χ0n) is 6.15. The Morgan fingerprint density at radius 2 is 2.64 bits per heavy atom. The van der Waals surface area contributed by atoms with Crippen LogP contribution >= 0.6 is 0 Å². The number of carbonyl (C=O) groups is 1. The summed E-state index contributed by atoms with van der Waals surface area (Å²) in [6.45, 7) is 2.05.